The third-order valence-corrected chi connectivity index (χ3v) is 10.5. The summed E-state index contributed by atoms with van der Waals surface area (Å²) in [6.45, 7) is 7.52. The van der Waals surface area contributed by atoms with Crippen LogP contribution in [-0.2, 0) is 32.0 Å². The predicted molar refractivity (Wildman–Crippen MR) is 233 cm³/mol. The fraction of sp³-hybridized carbons (Fsp3) is 0.370. The van der Waals surface area contributed by atoms with E-state index in [1.54, 1.807) is 37.3 Å². The van der Waals surface area contributed by atoms with E-state index in [4.69, 9.17) is 21.5 Å². The molecule has 0 saturated carbocycles. The number of rotatable bonds is 14. The quantitative estimate of drug-likeness (QED) is 0.0909. The van der Waals surface area contributed by atoms with Crippen LogP contribution in [0.5, 0.6) is 11.5 Å². The molecule has 326 valence electrons. The summed E-state index contributed by atoms with van der Waals surface area (Å²) >= 11 is 0. The molecule has 0 spiro atoms. The molecule has 5 rings (SSSR count). The number of hydrogen-bond donors (Lipinski definition) is 7. The summed E-state index contributed by atoms with van der Waals surface area (Å²) in [7, 11) is 1.40. The molecule has 4 atom stereocenters. The Labute approximate surface area is 361 Å². The number of phenols is 1. The lowest BCUT2D eigenvalue weighted by atomic mass is 9.93. The van der Waals surface area contributed by atoms with Crippen molar-refractivity contribution < 1.29 is 33.8 Å². The lowest BCUT2D eigenvalue weighted by Crippen LogP contribution is -2.56. The molecule has 1 aliphatic rings. The number of ether oxygens (including phenoxy) is 1. The van der Waals surface area contributed by atoms with Gasteiger partial charge in [-0.15, -0.1) is 0 Å². The van der Waals surface area contributed by atoms with E-state index in [2.05, 4.69) is 52.2 Å². The van der Waals surface area contributed by atoms with Crippen molar-refractivity contribution in [3.05, 3.63) is 101 Å². The predicted octanol–water partition coefficient (Wildman–Crippen LogP) is 2.80. The van der Waals surface area contributed by atoms with Gasteiger partial charge in [-0.1, -0.05) is 50.2 Å². The minimum atomic E-state index is -1.41. The number of carbonyl (C=O) groups is 5. The zero-order valence-electron chi connectivity index (χ0n) is 35.7. The summed E-state index contributed by atoms with van der Waals surface area (Å²) in [4.78, 5) is 75.3. The molecule has 0 saturated heterocycles. The Balaban J connectivity index is 1.51. The zero-order valence-corrected chi connectivity index (χ0v) is 35.7. The molecular weight excluding hydrogens is 791 g/mol. The van der Waals surface area contributed by atoms with Crippen LogP contribution in [0.2, 0.25) is 0 Å². The minimum absolute atomic E-state index is 0.0115. The SMILES string of the molecule is Cc1cc(-c2ccc(CC(C)C)cc2)ncc1C(=O)N[C@@H](CCN)C(=O)N(C)[C@@H]1C(=O)N[C@@H](C)C(=O)N[C@H](C(=O)NCC#N)Cc2ccc(O)c(c2)-c2cc1ccc2OCCN. The van der Waals surface area contributed by atoms with Crippen molar-refractivity contribution in [3.63, 3.8) is 0 Å². The number of phenolic OH excluding ortho intramolecular Hbond substituents is 1. The van der Waals surface area contributed by atoms with Gasteiger partial charge >= 0.3 is 0 Å². The van der Waals surface area contributed by atoms with Crippen LogP contribution in [0.15, 0.2) is 72.9 Å². The maximum absolute atomic E-state index is 14.5. The average Bonchev–Trinajstić information content (AvgIpc) is 3.24. The van der Waals surface area contributed by atoms with Gasteiger partial charge in [0, 0.05) is 42.9 Å². The number of pyridine rings is 1. The van der Waals surface area contributed by atoms with Gasteiger partial charge in [0.2, 0.25) is 23.6 Å². The van der Waals surface area contributed by atoms with E-state index in [1.807, 2.05) is 24.3 Å². The number of aromatic nitrogens is 1. The number of nitrogens with zero attached hydrogens (tertiary/aromatic N) is 3. The second-order valence-corrected chi connectivity index (χ2v) is 15.8. The molecule has 5 amide bonds. The van der Waals surface area contributed by atoms with Crippen molar-refractivity contribution in [3.8, 4) is 40.0 Å². The topological polar surface area (TPSA) is 255 Å². The fourth-order valence-electron chi connectivity index (χ4n) is 7.32. The van der Waals surface area contributed by atoms with Crippen molar-refractivity contribution in [2.45, 2.75) is 71.1 Å². The molecule has 1 aromatic heterocycles. The standard InChI is InChI=1S/C46H55N9O7/c1-26(2)20-29-6-9-31(10-7-29)37-21-27(3)35(25-51-37)43(58)53-36(14-15-47)46(61)55(5)41-32-11-13-40(62-19-17-49)34(24-32)33-22-30(8-12-39(33)56)23-38(44(59)50-18-16-48)54-42(57)28(4)52-45(41)60/h6-13,21-22,24-26,28,36,38,41,56H,14-15,17-20,23,47,49H2,1-5H3,(H,50,59)(H,52,60)(H,53,58)(H,54,57)/t28-,36-,38-,41-/m0/s1. The molecule has 2 heterocycles. The van der Waals surface area contributed by atoms with Gasteiger partial charge < -0.3 is 47.5 Å². The normalized spacial score (nSPS) is 16.8. The molecule has 62 heavy (non-hydrogen) atoms. The molecule has 4 bridgehead atoms. The maximum Gasteiger partial charge on any atom is 0.253 e. The molecule has 0 fully saturated rings. The smallest absolute Gasteiger partial charge is 0.253 e. The number of amides is 5. The van der Waals surface area contributed by atoms with Gasteiger partial charge in [0.15, 0.2) is 0 Å². The van der Waals surface area contributed by atoms with Crippen molar-refractivity contribution in [1.29, 1.82) is 5.26 Å². The third kappa shape index (κ3) is 11.3. The van der Waals surface area contributed by atoms with Crippen LogP contribution in [0, 0.1) is 24.2 Å². The molecular formula is C46H55N9O7. The van der Waals surface area contributed by atoms with E-state index in [-0.39, 0.29) is 61.5 Å². The molecule has 0 aliphatic carbocycles. The van der Waals surface area contributed by atoms with Gasteiger partial charge in [-0.3, -0.25) is 29.0 Å². The number of nitrogens with two attached hydrogens (primary N) is 2. The van der Waals surface area contributed by atoms with Crippen molar-refractivity contribution >= 4 is 29.5 Å². The number of hydrogen-bond acceptors (Lipinski definition) is 11. The van der Waals surface area contributed by atoms with Crippen LogP contribution >= 0.6 is 0 Å². The fourth-order valence-corrected chi connectivity index (χ4v) is 7.32. The highest BCUT2D eigenvalue weighted by atomic mass is 16.5. The number of likely N-dealkylation sites (N-methyl/N-ethyl adjacent to an activating group) is 1. The third-order valence-electron chi connectivity index (χ3n) is 10.5. The van der Waals surface area contributed by atoms with Crippen LogP contribution in [0.4, 0.5) is 0 Å². The number of aromatic hydroxyl groups is 1. The maximum atomic E-state index is 14.5. The number of nitrogens with one attached hydrogen (secondary N) is 4. The summed E-state index contributed by atoms with van der Waals surface area (Å²) in [6.07, 6.45) is 2.40. The summed E-state index contributed by atoms with van der Waals surface area (Å²) < 4.78 is 5.97. The van der Waals surface area contributed by atoms with Crippen LogP contribution in [0.25, 0.3) is 22.4 Å². The zero-order chi connectivity index (χ0) is 45.1. The van der Waals surface area contributed by atoms with E-state index in [0.29, 0.717) is 34.1 Å². The van der Waals surface area contributed by atoms with Gasteiger partial charge in [0.05, 0.1) is 17.3 Å². The first-order valence-corrected chi connectivity index (χ1v) is 20.5. The van der Waals surface area contributed by atoms with Gasteiger partial charge in [-0.05, 0) is 91.7 Å². The number of benzene rings is 3. The molecule has 9 N–H and O–H groups in total. The Morgan fingerprint density at radius 3 is 2.40 bits per heavy atom. The first-order chi connectivity index (χ1) is 29.6. The number of carbonyl (C=O) groups excluding carboxylic acids is 5. The molecule has 0 radical (unpaired) electrons. The second-order valence-electron chi connectivity index (χ2n) is 15.8. The monoisotopic (exact) mass is 845 g/mol. The number of fused-ring (bicyclic) bond motifs is 5. The van der Waals surface area contributed by atoms with Crippen LogP contribution in [-0.4, -0.2) is 95.9 Å². The van der Waals surface area contributed by atoms with Crippen LogP contribution < -0.4 is 37.5 Å². The Hall–Kier alpha value is -6.83. The molecule has 3 aromatic carbocycles. The average molecular weight is 846 g/mol. The molecule has 16 nitrogen and oxygen atoms in total. The van der Waals surface area contributed by atoms with E-state index in [1.165, 1.54) is 31.8 Å². The van der Waals surface area contributed by atoms with E-state index < -0.39 is 53.7 Å². The number of nitriles is 1. The largest absolute Gasteiger partial charge is 0.507 e. The van der Waals surface area contributed by atoms with E-state index in [0.717, 1.165) is 16.9 Å². The lowest BCUT2D eigenvalue weighted by Gasteiger charge is -2.32. The summed E-state index contributed by atoms with van der Waals surface area (Å²) in [5, 5.41) is 30.9. The summed E-state index contributed by atoms with van der Waals surface area (Å²) in [5.41, 5.74) is 16.8. The Bertz CT molecular complexity index is 2330. The van der Waals surface area contributed by atoms with E-state index in [9.17, 15) is 29.1 Å². The van der Waals surface area contributed by atoms with Crippen LogP contribution in [0.1, 0.15) is 65.8 Å². The minimum Gasteiger partial charge on any atom is -0.507 e. The first-order valence-electron chi connectivity index (χ1n) is 20.5. The Morgan fingerprint density at radius 2 is 1.74 bits per heavy atom. The highest BCUT2D eigenvalue weighted by molar-refractivity contribution is 6.00. The van der Waals surface area contributed by atoms with E-state index >= 15 is 0 Å². The Kier molecular flexibility index (Phi) is 15.7. The molecule has 0 unspecified atom stereocenters. The highest BCUT2D eigenvalue weighted by Gasteiger charge is 2.36. The lowest BCUT2D eigenvalue weighted by molar-refractivity contribution is -0.141. The van der Waals surface area contributed by atoms with Gasteiger partial charge in [0.25, 0.3) is 5.91 Å². The first kappa shape index (κ1) is 46.2. The number of aryl methyl sites for hydroxylation is 1. The summed E-state index contributed by atoms with van der Waals surface area (Å²) in [6, 6.07) is 16.2. The van der Waals surface area contributed by atoms with Crippen molar-refractivity contribution in [1.82, 2.24) is 31.2 Å². The van der Waals surface area contributed by atoms with Gasteiger partial charge in [0.1, 0.15) is 48.8 Å². The van der Waals surface area contributed by atoms with Crippen LogP contribution in [0.3, 0.4) is 0 Å². The second kappa shape index (κ2) is 21.1. The molecule has 4 aromatic rings. The molecule has 16 heteroatoms. The van der Waals surface area contributed by atoms with Gasteiger partial charge in [-0.25, -0.2) is 0 Å². The van der Waals surface area contributed by atoms with Gasteiger partial charge in [-0.2, -0.15) is 5.26 Å². The molecule has 1 aliphatic heterocycles. The Morgan fingerprint density at radius 1 is 1.00 bits per heavy atom. The summed E-state index contributed by atoms with van der Waals surface area (Å²) in [5.74, 6) is -2.68. The highest BCUT2D eigenvalue weighted by Crippen LogP contribution is 2.39. The van der Waals surface area contributed by atoms with Crippen molar-refractivity contribution in [2.24, 2.45) is 17.4 Å². The van der Waals surface area contributed by atoms with Crippen molar-refractivity contribution in [2.75, 3.05) is 33.3 Å².